The molecule has 3 rings (SSSR count). The summed E-state index contributed by atoms with van der Waals surface area (Å²) in [6, 6.07) is 5.77. The molecule has 7 heteroatoms. The van der Waals surface area contributed by atoms with Crippen molar-refractivity contribution < 1.29 is 34.6 Å². The van der Waals surface area contributed by atoms with Gasteiger partial charge in [-0.15, -0.1) is 0 Å². The van der Waals surface area contributed by atoms with Crippen LogP contribution in [-0.2, 0) is 6.42 Å². The number of hydrogen-bond donors (Lipinski definition) is 4. The fourth-order valence-electron chi connectivity index (χ4n) is 2.93. The van der Waals surface area contributed by atoms with E-state index < -0.39 is 12.2 Å². The van der Waals surface area contributed by atoms with Crippen LogP contribution in [0.4, 0.5) is 0 Å². The van der Waals surface area contributed by atoms with Crippen LogP contribution in [-0.4, -0.2) is 40.2 Å². The first-order chi connectivity index (χ1) is 12.4. The fraction of sp³-hybridized carbons (Fsp3) is 0.263. The molecule has 0 aromatic heterocycles. The number of hydrogen-bond acceptors (Lipinski definition) is 7. The summed E-state index contributed by atoms with van der Waals surface area (Å²) in [5.74, 6) is 0.113. The molecule has 2 aromatic carbocycles. The quantitative estimate of drug-likeness (QED) is 0.606. The molecule has 0 aliphatic carbocycles. The first-order valence-corrected chi connectivity index (χ1v) is 7.98. The lowest BCUT2D eigenvalue weighted by molar-refractivity contribution is 0.0195. The molecule has 1 aliphatic rings. The summed E-state index contributed by atoms with van der Waals surface area (Å²) in [6.45, 7) is 3.63. The highest BCUT2D eigenvalue weighted by atomic mass is 16.5. The number of benzene rings is 2. The molecular formula is C19H20O7. The minimum absolute atomic E-state index is 0.0317. The van der Waals surface area contributed by atoms with Crippen molar-refractivity contribution in [3.8, 4) is 34.5 Å². The van der Waals surface area contributed by atoms with Crippen LogP contribution in [0.3, 0.4) is 0 Å². The molecule has 2 aromatic rings. The number of phenols is 3. The molecule has 0 bridgehead atoms. The van der Waals surface area contributed by atoms with E-state index in [0.717, 1.165) is 0 Å². The van der Waals surface area contributed by atoms with Crippen LogP contribution in [0.15, 0.2) is 36.9 Å². The monoisotopic (exact) mass is 360 g/mol. The number of rotatable bonds is 5. The second-order valence-corrected chi connectivity index (χ2v) is 5.92. The van der Waals surface area contributed by atoms with Gasteiger partial charge in [0.1, 0.15) is 23.9 Å². The van der Waals surface area contributed by atoms with Crippen LogP contribution in [0.2, 0.25) is 0 Å². The molecule has 0 saturated carbocycles. The maximum absolute atomic E-state index is 10.4. The second-order valence-electron chi connectivity index (χ2n) is 5.92. The molecule has 0 fully saturated rings. The Morgan fingerprint density at radius 2 is 1.85 bits per heavy atom. The number of aliphatic hydroxyl groups is 1. The summed E-state index contributed by atoms with van der Waals surface area (Å²) >= 11 is 0. The zero-order chi connectivity index (χ0) is 18.8. The lowest BCUT2D eigenvalue weighted by Crippen LogP contribution is -2.30. The van der Waals surface area contributed by atoms with Gasteiger partial charge in [-0.05, 0) is 12.1 Å². The first-order valence-electron chi connectivity index (χ1n) is 7.98. The number of aromatic hydroxyl groups is 3. The minimum atomic E-state index is -0.986. The van der Waals surface area contributed by atoms with Gasteiger partial charge >= 0.3 is 0 Å². The van der Waals surface area contributed by atoms with Gasteiger partial charge in [0.25, 0.3) is 0 Å². The standard InChI is InChI=1S/C19H20O7/c1-3-4-25-19-14(21)5-10(6-15(19)22)18-16(23)9-12-13(20)7-11(24-2)8-17(12)26-18/h3,5-8,16,18,20-23H,1,4,9H2,2H3/t16-,18-/m1/s1. The maximum atomic E-state index is 10.4. The molecular weight excluding hydrogens is 340 g/mol. The Morgan fingerprint density at radius 3 is 2.46 bits per heavy atom. The van der Waals surface area contributed by atoms with Crippen LogP contribution >= 0.6 is 0 Å². The highest BCUT2D eigenvalue weighted by molar-refractivity contribution is 5.55. The highest BCUT2D eigenvalue weighted by Gasteiger charge is 2.33. The Labute approximate surface area is 150 Å². The summed E-state index contributed by atoms with van der Waals surface area (Å²) in [5.41, 5.74) is 0.834. The van der Waals surface area contributed by atoms with Crippen LogP contribution in [0.5, 0.6) is 34.5 Å². The van der Waals surface area contributed by atoms with Gasteiger partial charge in [-0.25, -0.2) is 0 Å². The summed E-state index contributed by atoms with van der Waals surface area (Å²) < 4.78 is 16.1. The second kappa shape index (κ2) is 7.05. The molecule has 26 heavy (non-hydrogen) atoms. The van der Waals surface area contributed by atoms with Crippen LogP contribution in [0, 0.1) is 0 Å². The molecule has 0 saturated heterocycles. The Balaban J connectivity index is 1.95. The minimum Gasteiger partial charge on any atom is -0.507 e. The molecule has 4 N–H and O–H groups in total. The van der Waals surface area contributed by atoms with Gasteiger partial charge in [0.15, 0.2) is 17.6 Å². The van der Waals surface area contributed by atoms with Crippen molar-refractivity contribution in [3.63, 3.8) is 0 Å². The van der Waals surface area contributed by atoms with Gasteiger partial charge in [0.05, 0.1) is 13.2 Å². The average molecular weight is 360 g/mol. The van der Waals surface area contributed by atoms with Crippen molar-refractivity contribution in [2.45, 2.75) is 18.6 Å². The highest BCUT2D eigenvalue weighted by Crippen LogP contribution is 2.45. The molecule has 1 aliphatic heterocycles. The van der Waals surface area contributed by atoms with E-state index in [1.807, 2.05) is 0 Å². The molecule has 0 amide bonds. The predicted octanol–water partition coefficient (Wildman–Crippen LogP) is 2.41. The zero-order valence-electron chi connectivity index (χ0n) is 14.2. The summed E-state index contributed by atoms with van der Waals surface area (Å²) in [4.78, 5) is 0. The zero-order valence-corrected chi connectivity index (χ0v) is 14.2. The molecule has 0 spiro atoms. The van der Waals surface area contributed by atoms with Gasteiger partial charge < -0.3 is 34.6 Å². The van der Waals surface area contributed by atoms with Gasteiger partial charge in [0.2, 0.25) is 5.75 Å². The fourth-order valence-corrected chi connectivity index (χ4v) is 2.93. The summed E-state index contributed by atoms with van der Waals surface area (Å²) in [5, 5.41) is 40.8. The molecule has 0 unspecified atom stereocenters. The van der Waals surface area contributed by atoms with Crippen molar-refractivity contribution in [1.29, 1.82) is 0 Å². The van der Waals surface area contributed by atoms with E-state index in [4.69, 9.17) is 14.2 Å². The molecule has 138 valence electrons. The average Bonchev–Trinajstić information content (AvgIpc) is 2.61. The number of phenolic OH excluding ortho intramolecular Hbond substituents is 3. The molecule has 7 nitrogen and oxygen atoms in total. The molecule has 1 heterocycles. The third-order valence-corrected chi connectivity index (χ3v) is 4.16. The normalized spacial score (nSPS) is 18.5. The molecule has 0 radical (unpaired) electrons. The Kier molecular flexibility index (Phi) is 4.81. The van der Waals surface area contributed by atoms with E-state index in [9.17, 15) is 20.4 Å². The van der Waals surface area contributed by atoms with Gasteiger partial charge in [0, 0.05) is 29.7 Å². The van der Waals surface area contributed by atoms with Crippen molar-refractivity contribution >= 4 is 0 Å². The van der Waals surface area contributed by atoms with Crippen LogP contribution in [0.25, 0.3) is 0 Å². The molecule has 2 atom stereocenters. The Bertz CT molecular complexity index is 808. The van der Waals surface area contributed by atoms with E-state index in [-0.39, 0.29) is 36.0 Å². The SMILES string of the molecule is C=CCOc1c(O)cc([C@H]2Oc3cc(OC)cc(O)c3C[C@H]2O)cc1O. The van der Waals surface area contributed by atoms with Gasteiger partial charge in [-0.1, -0.05) is 12.7 Å². The largest absolute Gasteiger partial charge is 0.507 e. The smallest absolute Gasteiger partial charge is 0.203 e. The van der Waals surface area contributed by atoms with E-state index in [1.165, 1.54) is 31.4 Å². The number of fused-ring (bicyclic) bond motifs is 1. The van der Waals surface area contributed by atoms with Crippen molar-refractivity contribution in [2.24, 2.45) is 0 Å². The Morgan fingerprint density at radius 1 is 1.15 bits per heavy atom. The van der Waals surface area contributed by atoms with Gasteiger partial charge in [-0.3, -0.25) is 0 Å². The summed E-state index contributed by atoms with van der Waals surface area (Å²) in [6.07, 6.45) is -0.205. The number of aliphatic hydroxyl groups excluding tert-OH is 1. The van der Waals surface area contributed by atoms with Crippen LogP contribution < -0.4 is 14.2 Å². The topological polar surface area (TPSA) is 109 Å². The van der Waals surface area contributed by atoms with Crippen molar-refractivity contribution in [2.75, 3.05) is 13.7 Å². The lowest BCUT2D eigenvalue weighted by atomic mass is 9.93. The van der Waals surface area contributed by atoms with E-state index in [0.29, 0.717) is 22.6 Å². The third kappa shape index (κ3) is 3.21. The summed E-state index contributed by atoms with van der Waals surface area (Å²) in [7, 11) is 1.47. The number of ether oxygens (including phenoxy) is 3. The van der Waals surface area contributed by atoms with Crippen molar-refractivity contribution in [1.82, 2.24) is 0 Å². The van der Waals surface area contributed by atoms with E-state index in [2.05, 4.69) is 6.58 Å². The Hall–Kier alpha value is -3.06. The number of methoxy groups -OCH3 is 1. The third-order valence-electron chi connectivity index (χ3n) is 4.16. The van der Waals surface area contributed by atoms with Crippen LogP contribution in [0.1, 0.15) is 17.2 Å². The lowest BCUT2D eigenvalue weighted by Gasteiger charge is -2.31. The van der Waals surface area contributed by atoms with Crippen molar-refractivity contribution in [3.05, 3.63) is 48.0 Å². The van der Waals surface area contributed by atoms with E-state index in [1.54, 1.807) is 6.07 Å². The predicted molar refractivity (Wildman–Crippen MR) is 93.2 cm³/mol. The maximum Gasteiger partial charge on any atom is 0.203 e. The first kappa shape index (κ1) is 17.8. The van der Waals surface area contributed by atoms with E-state index >= 15 is 0 Å². The van der Waals surface area contributed by atoms with Gasteiger partial charge in [-0.2, -0.15) is 0 Å².